The van der Waals surface area contributed by atoms with Crippen LogP contribution in [0.15, 0.2) is 28.6 Å². The standard InChI is InChI=1S/C17H19F5N4S.HI/c1-3-23-16(25-10(2)12-5-4-11(18)8-13(12)19)24-7-6-15-26-14(9-27-15)17(20,21)22;/h4-5,8-10H,3,6-7H2,1-2H3,(H2,23,24,25);1H. The van der Waals surface area contributed by atoms with Gasteiger partial charge in [-0.05, 0) is 19.9 Å². The summed E-state index contributed by atoms with van der Waals surface area (Å²) in [6, 6.07) is 2.83. The number of hydrogen-bond acceptors (Lipinski definition) is 3. The number of rotatable bonds is 6. The Morgan fingerprint density at radius 1 is 1.29 bits per heavy atom. The fourth-order valence-corrected chi connectivity index (χ4v) is 3.07. The molecule has 156 valence electrons. The van der Waals surface area contributed by atoms with Crippen LogP contribution in [0.1, 0.15) is 36.2 Å². The zero-order chi connectivity index (χ0) is 20.0. The fraction of sp³-hybridized carbons (Fsp3) is 0.412. The molecule has 0 aliphatic rings. The number of thiazole rings is 1. The van der Waals surface area contributed by atoms with Gasteiger partial charge in [0.1, 0.15) is 11.6 Å². The van der Waals surface area contributed by atoms with Crippen molar-refractivity contribution in [3.05, 3.63) is 51.5 Å². The van der Waals surface area contributed by atoms with Crippen LogP contribution in [0.5, 0.6) is 0 Å². The monoisotopic (exact) mass is 534 g/mol. The average Bonchev–Trinajstić information content (AvgIpc) is 3.04. The summed E-state index contributed by atoms with van der Waals surface area (Å²) in [5.41, 5.74) is -0.631. The number of nitrogens with zero attached hydrogens (tertiary/aromatic N) is 2. The van der Waals surface area contributed by atoms with Crippen LogP contribution in [0, 0.1) is 11.6 Å². The molecule has 2 rings (SSSR count). The van der Waals surface area contributed by atoms with Crippen LogP contribution >= 0.6 is 35.3 Å². The lowest BCUT2D eigenvalue weighted by Gasteiger charge is -2.18. The normalized spacial score (nSPS) is 13.0. The van der Waals surface area contributed by atoms with Gasteiger partial charge >= 0.3 is 6.18 Å². The molecule has 0 saturated heterocycles. The molecule has 0 aliphatic heterocycles. The predicted molar refractivity (Wildman–Crippen MR) is 110 cm³/mol. The van der Waals surface area contributed by atoms with Crippen LogP contribution in [-0.2, 0) is 12.6 Å². The van der Waals surface area contributed by atoms with Gasteiger partial charge in [-0.15, -0.1) is 35.3 Å². The van der Waals surface area contributed by atoms with Crippen molar-refractivity contribution in [2.45, 2.75) is 32.5 Å². The quantitative estimate of drug-likeness (QED) is 0.240. The molecule has 0 radical (unpaired) electrons. The second kappa shape index (κ2) is 10.9. The first kappa shape index (κ1) is 24.5. The van der Waals surface area contributed by atoms with E-state index in [0.29, 0.717) is 17.5 Å². The van der Waals surface area contributed by atoms with Gasteiger partial charge in [-0.3, -0.25) is 4.99 Å². The van der Waals surface area contributed by atoms with Crippen molar-refractivity contribution in [3.8, 4) is 0 Å². The van der Waals surface area contributed by atoms with Crippen molar-refractivity contribution in [1.29, 1.82) is 0 Å². The van der Waals surface area contributed by atoms with E-state index in [9.17, 15) is 22.0 Å². The summed E-state index contributed by atoms with van der Waals surface area (Å²) in [6.07, 6.45) is -4.21. The third kappa shape index (κ3) is 7.15. The molecular formula is C17H20F5IN4S. The number of alkyl halides is 3. The number of aliphatic imine (C=N–C) groups is 1. The van der Waals surface area contributed by atoms with Gasteiger partial charge in [0.2, 0.25) is 0 Å². The number of guanidine groups is 1. The van der Waals surface area contributed by atoms with Gasteiger partial charge in [-0.25, -0.2) is 13.8 Å². The molecule has 1 heterocycles. The third-order valence-electron chi connectivity index (χ3n) is 3.56. The first-order valence-electron chi connectivity index (χ1n) is 8.22. The predicted octanol–water partition coefficient (Wildman–Crippen LogP) is 4.92. The highest BCUT2D eigenvalue weighted by molar-refractivity contribution is 14.0. The van der Waals surface area contributed by atoms with E-state index in [1.54, 1.807) is 6.92 Å². The Morgan fingerprint density at radius 2 is 2.00 bits per heavy atom. The van der Waals surface area contributed by atoms with Gasteiger partial charge in [0.25, 0.3) is 0 Å². The zero-order valence-electron chi connectivity index (χ0n) is 15.1. The molecule has 11 heteroatoms. The van der Waals surface area contributed by atoms with E-state index >= 15 is 0 Å². The summed E-state index contributed by atoms with van der Waals surface area (Å²) in [5, 5.41) is 7.27. The number of nitrogens with one attached hydrogen (secondary N) is 2. The summed E-state index contributed by atoms with van der Waals surface area (Å²) in [4.78, 5) is 7.83. The Morgan fingerprint density at radius 3 is 2.57 bits per heavy atom. The van der Waals surface area contributed by atoms with Gasteiger partial charge < -0.3 is 10.6 Å². The van der Waals surface area contributed by atoms with Crippen LogP contribution in [-0.4, -0.2) is 24.0 Å². The molecule has 2 N–H and O–H groups in total. The van der Waals surface area contributed by atoms with E-state index in [2.05, 4.69) is 20.6 Å². The Bertz CT molecular complexity index is 794. The Hall–Kier alpha value is -1.50. The highest BCUT2D eigenvalue weighted by atomic mass is 127. The van der Waals surface area contributed by atoms with E-state index in [1.807, 2.05) is 6.92 Å². The van der Waals surface area contributed by atoms with Gasteiger partial charge in [0.05, 0.1) is 11.0 Å². The maximum Gasteiger partial charge on any atom is 0.434 e. The van der Waals surface area contributed by atoms with Crippen LogP contribution in [0.2, 0.25) is 0 Å². The second-order valence-electron chi connectivity index (χ2n) is 5.67. The number of aromatic nitrogens is 1. The minimum atomic E-state index is -4.46. The van der Waals surface area contributed by atoms with E-state index < -0.39 is 29.5 Å². The molecule has 1 aromatic carbocycles. The first-order valence-corrected chi connectivity index (χ1v) is 9.10. The lowest BCUT2D eigenvalue weighted by molar-refractivity contribution is -0.140. The van der Waals surface area contributed by atoms with E-state index in [-0.39, 0.29) is 42.5 Å². The average molecular weight is 534 g/mol. The van der Waals surface area contributed by atoms with Crippen molar-refractivity contribution >= 4 is 41.3 Å². The van der Waals surface area contributed by atoms with Crippen molar-refractivity contribution in [1.82, 2.24) is 15.6 Å². The molecule has 4 nitrogen and oxygen atoms in total. The SMILES string of the molecule is CCNC(=NCCc1nc(C(F)(F)F)cs1)NC(C)c1ccc(F)cc1F.I. The molecule has 28 heavy (non-hydrogen) atoms. The van der Waals surface area contributed by atoms with Crippen molar-refractivity contribution in [2.24, 2.45) is 4.99 Å². The first-order chi connectivity index (χ1) is 12.7. The summed E-state index contributed by atoms with van der Waals surface area (Å²) >= 11 is 0.929. The fourth-order valence-electron chi connectivity index (χ4n) is 2.27. The lowest BCUT2D eigenvalue weighted by atomic mass is 10.1. The molecule has 1 atom stereocenters. The van der Waals surface area contributed by atoms with Gasteiger partial charge in [0, 0.05) is 36.5 Å². The number of hydrogen-bond donors (Lipinski definition) is 2. The van der Waals surface area contributed by atoms with Gasteiger partial charge in [-0.1, -0.05) is 6.07 Å². The largest absolute Gasteiger partial charge is 0.434 e. The molecule has 1 aromatic heterocycles. The van der Waals surface area contributed by atoms with Crippen molar-refractivity contribution in [3.63, 3.8) is 0 Å². The van der Waals surface area contributed by atoms with E-state index in [1.165, 1.54) is 12.1 Å². The molecule has 0 saturated carbocycles. The molecule has 0 aliphatic carbocycles. The molecule has 0 fully saturated rings. The van der Waals surface area contributed by atoms with E-state index in [0.717, 1.165) is 22.8 Å². The summed E-state index contributed by atoms with van der Waals surface area (Å²) < 4.78 is 64.6. The highest BCUT2D eigenvalue weighted by Crippen LogP contribution is 2.30. The molecule has 0 amide bonds. The molecular weight excluding hydrogens is 514 g/mol. The highest BCUT2D eigenvalue weighted by Gasteiger charge is 2.33. The van der Waals surface area contributed by atoms with Crippen LogP contribution in [0.3, 0.4) is 0 Å². The molecule has 1 unspecified atom stereocenters. The third-order valence-corrected chi connectivity index (χ3v) is 4.47. The summed E-state index contributed by atoms with van der Waals surface area (Å²) in [7, 11) is 0. The van der Waals surface area contributed by atoms with Gasteiger partial charge in [-0.2, -0.15) is 13.2 Å². The number of halogens is 6. The summed E-state index contributed by atoms with van der Waals surface area (Å²) in [6.45, 7) is 4.29. The maximum absolute atomic E-state index is 13.9. The van der Waals surface area contributed by atoms with Crippen LogP contribution in [0.25, 0.3) is 0 Å². The minimum Gasteiger partial charge on any atom is -0.357 e. The molecule has 0 spiro atoms. The smallest absolute Gasteiger partial charge is 0.357 e. The maximum atomic E-state index is 13.9. The van der Waals surface area contributed by atoms with E-state index in [4.69, 9.17) is 0 Å². The van der Waals surface area contributed by atoms with Gasteiger partial charge in [0.15, 0.2) is 11.7 Å². The Kier molecular flexibility index (Phi) is 9.54. The zero-order valence-corrected chi connectivity index (χ0v) is 18.3. The molecule has 2 aromatic rings. The molecule has 0 bridgehead atoms. The topological polar surface area (TPSA) is 49.3 Å². The lowest BCUT2D eigenvalue weighted by Crippen LogP contribution is -2.39. The van der Waals surface area contributed by atoms with Crippen LogP contribution < -0.4 is 10.6 Å². The second-order valence-corrected chi connectivity index (χ2v) is 6.61. The summed E-state index contributed by atoms with van der Waals surface area (Å²) in [5.74, 6) is -0.958. The Labute approximate surface area is 180 Å². The van der Waals surface area contributed by atoms with Crippen molar-refractivity contribution in [2.75, 3.05) is 13.1 Å². The Balaban J connectivity index is 0.00000392. The van der Waals surface area contributed by atoms with Crippen molar-refractivity contribution < 1.29 is 22.0 Å². The number of benzene rings is 1. The van der Waals surface area contributed by atoms with Crippen LogP contribution in [0.4, 0.5) is 22.0 Å². The minimum absolute atomic E-state index is 0.